The maximum absolute atomic E-state index is 13.1. The van der Waals surface area contributed by atoms with E-state index in [9.17, 15) is 14.4 Å². The number of benzene rings is 3. The number of halogens is 2. The van der Waals surface area contributed by atoms with E-state index in [1.807, 2.05) is 19.9 Å². The molecule has 0 bridgehead atoms. The van der Waals surface area contributed by atoms with Crippen molar-refractivity contribution in [3.63, 3.8) is 0 Å². The van der Waals surface area contributed by atoms with Crippen LogP contribution >= 0.6 is 27.5 Å². The Bertz CT molecular complexity index is 1430. The normalized spacial score (nSPS) is 10.7. The number of amides is 3. The Kier molecular flexibility index (Phi) is 6.72. The van der Waals surface area contributed by atoms with E-state index in [2.05, 4.69) is 32.0 Å². The fourth-order valence-electron chi connectivity index (χ4n) is 3.61. The Morgan fingerprint density at radius 1 is 0.853 bits per heavy atom. The molecule has 0 atom stereocenters. The van der Waals surface area contributed by atoms with E-state index in [4.69, 9.17) is 11.6 Å². The third-order valence-electron chi connectivity index (χ3n) is 5.02. The smallest absolute Gasteiger partial charge is 0.319 e. The highest BCUT2D eigenvalue weighted by Gasteiger charge is 2.21. The van der Waals surface area contributed by atoms with Crippen LogP contribution in [-0.2, 0) is 9.59 Å². The largest absolute Gasteiger partial charge is 0.328 e. The second-order valence-electron chi connectivity index (χ2n) is 7.77. The molecule has 0 radical (unpaired) electrons. The van der Waals surface area contributed by atoms with E-state index in [-0.39, 0.29) is 5.69 Å². The number of hydrogen-bond acceptors (Lipinski definition) is 3. The first-order chi connectivity index (χ1) is 16.2. The number of nitrogens with zero attached hydrogens (tertiary/aromatic N) is 1. The molecule has 0 unspecified atom stereocenters. The average Bonchev–Trinajstić information content (AvgIpc) is 3.12. The Morgan fingerprint density at radius 3 is 2.26 bits per heavy atom. The summed E-state index contributed by atoms with van der Waals surface area (Å²) in [6, 6.07) is 19.2. The molecule has 0 fully saturated rings. The SMILES string of the molecule is Cc1cc(C)cc(NC(=O)C(=O)Nn2c(C(=O)Nc3ccccc3Cl)cc3cc(Br)ccc32)c1. The molecule has 0 aliphatic carbocycles. The molecule has 1 aromatic heterocycles. The highest BCUT2D eigenvalue weighted by atomic mass is 79.9. The van der Waals surface area contributed by atoms with Gasteiger partial charge in [0.15, 0.2) is 0 Å². The minimum atomic E-state index is -0.925. The van der Waals surface area contributed by atoms with Crippen LogP contribution in [0.4, 0.5) is 11.4 Å². The molecule has 0 aliphatic rings. The molecule has 9 heteroatoms. The maximum atomic E-state index is 13.1. The van der Waals surface area contributed by atoms with Crippen LogP contribution in [0.5, 0.6) is 0 Å². The topological polar surface area (TPSA) is 92.2 Å². The minimum Gasteiger partial charge on any atom is -0.319 e. The summed E-state index contributed by atoms with van der Waals surface area (Å²) in [6.45, 7) is 3.80. The third kappa shape index (κ3) is 5.13. The van der Waals surface area contributed by atoms with Gasteiger partial charge in [-0.3, -0.25) is 19.8 Å². The number of rotatable bonds is 4. The van der Waals surface area contributed by atoms with E-state index in [0.717, 1.165) is 15.6 Å². The summed E-state index contributed by atoms with van der Waals surface area (Å²) in [5.74, 6) is -2.29. The zero-order chi connectivity index (χ0) is 24.4. The number of carbonyl (C=O) groups is 3. The monoisotopic (exact) mass is 538 g/mol. The van der Waals surface area contributed by atoms with Gasteiger partial charge in [0.05, 0.1) is 16.2 Å². The molecule has 0 saturated heterocycles. The Hall–Kier alpha value is -3.62. The lowest BCUT2D eigenvalue weighted by Crippen LogP contribution is -2.36. The molecule has 0 aliphatic heterocycles. The highest BCUT2D eigenvalue weighted by Crippen LogP contribution is 2.25. The molecule has 4 aromatic rings. The zero-order valence-electron chi connectivity index (χ0n) is 18.3. The fraction of sp³-hybridized carbons (Fsp3) is 0.0800. The molecule has 0 saturated carbocycles. The van der Waals surface area contributed by atoms with Crippen molar-refractivity contribution in [2.24, 2.45) is 0 Å². The number of aryl methyl sites for hydroxylation is 2. The van der Waals surface area contributed by atoms with E-state index in [1.165, 1.54) is 4.68 Å². The Balaban J connectivity index is 1.64. The number of nitrogens with one attached hydrogen (secondary N) is 3. The van der Waals surface area contributed by atoms with Crippen molar-refractivity contribution in [2.45, 2.75) is 13.8 Å². The van der Waals surface area contributed by atoms with Gasteiger partial charge in [0, 0.05) is 15.5 Å². The molecule has 4 rings (SSSR count). The molecule has 3 aromatic carbocycles. The first-order valence-electron chi connectivity index (χ1n) is 10.3. The van der Waals surface area contributed by atoms with Crippen LogP contribution < -0.4 is 16.1 Å². The van der Waals surface area contributed by atoms with Gasteiger partial charge in [-0.2, -0.15) is 0 Å². The van der Waals surface area contributed by atoms with Crippen LogP contribution in [0.15, 0.2) is 71.2 Å². The van der Waals surface area contributed by atoms with Gasteiger partial charge in [0.25, 0.3) is 5.91 Å². The van der Waals surface area contributed by atoms with Gasteiger partial charge in [-0.25, -0.2) is 4.68 Å². The lowest BCUT2D eigenvalue weighted by Gasteiger charge is -2.13. The van der Waals surface area contributed by atoms with E-state index in [0.29, 0.717) is 27.3 Å². The van der Waals surface area contributed by atoms with Gasteiger partial charge in [-0.15, -0.1) is 0 Å². The first-order valence-corrected chi connectivity index (χ1v) is 11.5. The summed E-state index contributed by atoms with van der Waals surface area (Å²) < 4.78 is 2.09. The van der Waals surface area contributed by atoms with Gasteiger partial charge < -0.3 is 10.6 Å². The van der Waals surface area contributed by atoms with Crippen LogP contribution in [0.1, 0.15) is 21.6 Å². The molecule has 1 heterocycles. The predicted octanol–water partition coefficient (Wildman–Crippen LogP) is 5.64. The molecule has 172 valence electrons. The van der Waals surface area contributed by atoms with Gasteiger partial charge in [-0.1, -0.05) is 45.7 Å². The lowest BCUT2D eigenvalue weighted by molar-refractivity contribution is -0.133. The number of carbonyl (C=O) groups excluding carboxylic acids is 3. The van der Waals surface area contributed by atoms with Crippen molar-refractivity contribution in [1.29, 1.82) is 0 Å². The summed E-state index contributed by atoms with van der Waals surface area (Å²) in [7, 11) is 0. The summed E-state index contributed by atoms with van der Waals surface area (Å²) in [4.78, 5) is 38.5. The Labute approximate surface area is 209 Å². The van der Waals surface area contributed by atoms with Crippen LogP contribution in [0.3, 0.4) is 0 Å². The van der Waals surface area contributed by atoms with Gasteiger partial charge in [-0.05, 0) is 73.5 Å². The van der Waals surface area contributed by atoms with Crippen molar-refractivity contribution in [3.05, 3.63) is 93.0 Å². The van der Waals surface area contributed by atoms with Gasteiger partial charge in [0.1, 0.15) is 5.69 Å². The van der Waals surface area contributed by atoms with Crippen molar-refractivity contribution in [1.82, 2.24) is 4.68 Å². The Morgan fingerprint density at radius 2 is 1.56 bits per heavy atom. The van der Waals surface area contributed by atoms with Gasteiger partial charge in [0.2, 0.25) is 0 Å². The molecule has 0 spiro atoms. The summed E-state index contributed by atoms with van der Waals surface area (Å²) in [6.07, 6.45) is 0. The second-order valence-corrected chi connectivity index (χ2v) is 9.10. The van der Waals surface area contributed by atoms with Crippen LogP contribution in [-0.4, -0.2) is 22.4 Å². The standard InChI is InChI=1S/C25H20BrClN4O3/c1-14-9-15(2)11-18(10-14)28-24(33)25(34)30-31-21-8-7-17(26)12-16(21)13-22(31)23(32)29-20-6-4-3-5-19(20)27/h3-13H,1-2H3,(H,28,33)(H,29,32)(H,30,34). The predicted molar refractivity (Wildman–Crippen MR) is 138 cm³/mol. The number of hydrogen-bond donors (Lipinski definition) is 3. The molecule has 3 amide bonds. The number of para-hydroxylation sites is 1. The zero-order valence-corrected chi connectivity index (χ0v) is 20.6. The first kappa shape index (κ1) is 23.5. The third-order valence-corrected chi connectivity index (χ3v) is 5.84. The second kappa shape index (κ2) is 9.70. The van der Waals surface area contributed by atoms with E-state index in [1.54, 1.807) is 60.7 Å². The van der Waals surface area contributed by atoms with E-state index < -0.39 is 17.7 Å². The molecule has 34 heavy (non-hydrogen) atoms. The molecule has 7 nitrogen and oxygen atoms in total. The van der Waals surface area contributed by atoms with Crippen molar-refractivity contribution < 1.29 is 14.4 Å². The highest BCUT2D eigenvalue weighted by molar-refractivity contribution is 9.10. The van der Waals surface area contributed by atoms with Crippen LogP contribution in [0, 0.1) is 13.8 Å². The number of aromatic nitrogens is 1. The van der Waals surface area contributed by atoms with Crippen molar-refractivity contribution in [2.75, 3.05) is 16.1 Å². The van der Waals surface area contributed by atoms with Crippen LogP contribution in [0.2, 0.25) is 5.02 Å². The van der Waals surface area contributed by atoms with E-state index >= 15 is 0 Å². The molecule has 3 N–H and O–H groups in total. The molecular formula is C25H20BrClN4O3. The summed E-state index contributed by atoms with van der Waals surface area (Å²) in [5.41, 5.74) is 6.05. The average molecular weight is 540 g/mol. The maximum Gasteiger partial charge on any atom is 0.328 e. The van der Waals surface area contributed by atoms with Crippen LogP contribution in [0.25, 0.3) is 10.9 Å². The number of fused-ring (bicyclic) bond motifs is 1. The number of anilines is 2. The fourth-order valence-corrected chi connectivity index (χ4v) is 4.17. The molecular weight excluding hydrogens is 520 g/mol. The summed E-state index contributed by atoms with van der Waals surface area (Å²) in [5, 5.41) is 6.40. The van der Waals surface area contributed by atoms with Crippen molar-refractivity contribution in [3.8, 4) is 0 Å². The van der Waals surface area contributed by atoms with Gasteiger partial charge >= 0.3 is 11.8 Å². The lowest BCUT2D eigenvalue weighted by atomic mass is 10.1. The quantitative estimate of drug-likeness (QED) is 0.293. The van der Waals surface area contributed by atoms with Crippen molar-refractivity contribution >= 4 is 67.5 Å². The minimum absolute atomic E-state index is 0.126. The summed E-state index contributed by atoms with van der Waals surface area (Å²) >= 11 is 9.58.